The van der Waals surface area contributed by atoms with Crippen molar-refractivity contribution in [3.8, 4) is 0 Å². The number of amides is 1. The topological polar surface area (TPSA) is 70.8 Å². The molecule has 1 heterocycles. The lowest BCUT2D eigenvalue weighted by atomic mass is 9.66. The zero-order valence-corrected chi connectivity index (χ0v) is 14.1. The van der Waals surface area contributed by atoms with Gasteiger partial charge in [-0.1, -0.05) is 24.6 Å². The van der Waals surface area contributed by atoms with Gasteiger partial charge in [-0.3, -0.25) is 9.59 Å². The smallest absolute Gasteiger partial charge is 0.310 e. The third-order valence-electron chi connectivity index (χ3n) is 5.24. The molecular formula is C19H23NO4. The van der Waals surface area contributed by atoms with Crippen molar-refractivity contribution in [2.45, 2.75) is 45.6 Å². The Balaban J connectivity index is 1.79. The first kappa shape index (κ1) is 16.6. The summed E-state index contributed by atoms with van der Waals surface area (Å²) in [4.78, 5) is 26.0. The first-order chi connectivity index (χ1) is 11.5. The van der Waals surface area contributed by atoms with Gasteiger partial charge in [0.25, 0.3) is 0 Å². The summed E-state index contributed by atoms with van der Waals surface area (Å²) in [6.07, 6.45) is 2.13. The predicted molar refractivity (Wildman–Crippen MR) is 90.6 cm³/mol. The third-order valence-corrected chi connectivity index (χ3v) is 5.24. The molecule has 24 heavy (non-hydrogen) atoms. The van der Waals surface area contributed by atoms with E-state index in [9.17, 15) is 14.7 Å². The van der Waals surface area contributed by atoms with Crippen LogP contribution in [0.15, 0.2) is 34.7 Å². The van der Waals surface area contributed by atoms with Gasteiger partial charge < -0.3 is 14.4 Å². The number of carboxylic acids is 1. The van der Waals surface area contributed by atoms with Crippen molar-refractivity contribution < 1.29 is 19.1 Å². The van der Waals surface area contributed by atoms with Gasteiger partial charge in [0, 0.05) is 18.4 Å². The Morgan fingerprint density at radius 3 is 2.58 bits per heavy atom. The number of carboxylic acid groups (broad SMARTS) is 1. The standard InChI is InChI=1S/C19H23NO4/c1-3-20(17(21)12-19(18(22)23)9-6-10-19)13(2)16-11-14-7-4-5-8-15(14)24-16/h4-5,7-8,11,13H,3,6,9-10,12H2,1-2H3,(H,22,23). The number of hydrogen-bond acceptors (Lipinski definition) is 3. The molecule has 1 amide bonds. The Bertz CT molecular complexity index is 727. The maximum Gasteiger partial charge on any atom is 0.310 e. The molecular weight excluding hydrogens is 306 g/mol. The Kier molecular flexibility index (Phi) is 4.35. The number of fused-ring (bicyclic) bond motifs is 1. The summed E-state index contributed by atoms with van der Waals surface area (Å²) in [5.41, 5.74) is -0.0678. The van der Waals surface area contributed by atoms with Crippen LogP contribution in [0, 0.1) is 5.41 Å². The van der Waals surface area contributed by atoms with E-state index < -0.39 is 11.4 Å². The monoisotopic (exact) mass is 329 g/mol. The van der Waals surface area contributed by atoms with Crippen LogP contribution in [0.1, 0.15) is 51.3 Å². The molecule has 1 aromatic carbocycles. The molecule has 0 aliphatic heterocycles. The number of rotatable bonds is 6. The van der Waals surface area contributed by atoms with Crippen LogP contribution in [-0.4, -0.2) is 28.4 Å². The molecule has 0 radical (unpaired) electrons. The van der Waals surface area contributed by atoms with Crippen LogP contribution in [0.5, 0.6) is 0 Å². The van der Waals surface area contributed by atoms with Crippen LogP contribution in [0.3, 0.4) is 0 Å². The quantitative estimate of drug-likeness (QED) is 0.870. The van der Waals surface area contributed by atoms with Gasteiger partial charge in [0.2, 0.25) is 5.91 Å². The second-order valence-corrected chi connectivity index (χ2v) is 6.66. The molecule has 1 unspecified atom stereocenters. The lowest BCUT2D eigenvalue weighted by molar-refractivity contribution is -0.160. The molecule has 1 aliphatic carbocycles. The SMILES string of the molecule is CCN(C(=O)CC1(C(=O)O)CCC1)C(C)c1cc2ccccc2o1. The maximum atomic E-state index is 12.7. The van der Waals surface area contributed by atoms with E-state index in [1.807, 2.05) is 44.2 Å². The summed E-state index contributed by atoms with van der Waals surface area (Å²) in [7, 11) is 0. The van der Waals surface area contributed by atoms with Gasteiger partial charge in [-0.15, -0.1) is 0 Å². The number of carbonyl (C=O) groups excluding carboxylic acids is 1. The van der Waals surface area contributed by atoms with Crippen molar-refractivity contribution in [1.82, 2.24) is 4.90 Å². The van der Waals surface area contributed by atoms with Gasteiger partial charge in [0.15, 0.2) is 0 Å². The number of furan rings is 1. The Morgan fingerprint density at radius 2 is 2.04 bits per heavy atom. The number of para-hydroxylation sites is 1. The van der Waals surface area contributed by atoms with Crippen LogP contribution in [0.2, 0.25) is 0 Å². The van der Waals surface area contributed by atoms with E-state index in [1.165, 1.54) is 0 Å². The zero-order chi connectivity index (χ0) is 17.3. The molecule has 1 atom stereocenters. The van der Waals surface area contributed by atoms with E-state index in [1.54, 1.807) is 4.90 Å². The minimum absolute atomic E-state index is 0.0702. The van der Waals surface area contributed by atoms with E-state index in [-0.39, 0.29) is 18.4 Å². The fourth-order valence-corrected chi connectivity index (χ4v) is 3.49. The Hall–Kier alpha value is -2.30. The van der Waals surface area contributed by atoms with E-state index >= 15 is 0 Å². The second-order valence-electron chi connectivity index (χ2n) is 6.66. The largest absolute Gasteiger partial charge is 0.481 e. The summed E-state index contributed by atoms with van der Waals surface area (Å²) in [5, 5.41) is 10.5. The van der Waals surface area contributed by atoms with Gasteiger partial charge in [-0.05, 0) is 38.8 Å². The fourth-order valence-electron chi connectivity index (χ4n) is 3.49. The number of hydrogen-bond donors (Lipinski definition) is 1. The van der Waals surface area contributed by atoms with Crippen molar-refractivity contribution in [3.05, 3.63) is 36.1 Å². The molecule has 3 rings (SSSR count). The van der Waals surface area contributed by atoms with Crippen LogP contribution in [0.4, 0.5) is 0 Å². The highest BCUT2D eigenvalue weighted by Gasteiger charge is 2.46. The molecule has 0 saturated heterocycles. The van der Waals surface area contributed by atoms with E-state index in [0.29, 0.717) is 19.4 Å². The molecule has 2 aromatic rings. The van der Waals surface area contributed by atoms with Gasteiger partial charge in [0.1, 0.15) is 11.3 Å². The van der Waals surface area contributed by atoms with E-state index in [4.69, 9.17) is 4.42 Å². The van der Waals surface area contributed by atoms with Crippen LogP contribution < -0.4 is 0 Å². The second kappa shape index (κ2) is 6.30. The molecule has 1 N–H and O–H groups in total. The van der Waals surface area contributed by atoms with Gasteiger partial charge in [-0.25, -0.2) is 0 Å². The zero-order valence-electron chi connectivity index (χ0n) is 14.1. The van der Waals surface area contributed by atoms with E-state index in [2.05, 4.69) is 0 Å². The minimum atomic E-state index is -0.863. The van der Waals surface area contributed by atoms with E-state index in [0.717, 1.165) is 23.2 Å². The summed E-state index contributed by atoms with van der Waals surface area (Å²) in [6, 6.07) is 9.46. The van der Waals surface area contributed by atoms with Gasteiger partial charge >= 0.3 is 5.97 Å². The first-order valence-corrected chi connectivity index (χ1v) is 8.48. The van der Waals surface area contributed by atoms with Crippen molar-refractivity contribution in [2.75, 3.05) is 6.54 Å². The maximum absolute atomic E-state index is 12.7. The molecule has 1 saturated carbocycles. The highest BCUT2D eigenvalue weighted by molar-refractivity contribution is 5.86. The lowest BCUT2D eigenvalue weighted by Gasteiger charge is -2.39. The molecule has 1 aromatic heterocycles. The molecule has 1 fully saturated rings. The Morgan fingerprint density at radius 1 is 1.33 bits per heavy atom. The predicted octanol–water partition coefficient (Wildman–Crippen LogP) is 3.99. The van der Waals surface area contributed by atoms with Crippen LogP contribution in [-0.2, 0) is 9.59 Å². The number of carbonyl (C=O) groups is 2. The normalized spacial score (nSPS) is 17.2. The molecule has 5 nitrogen and oxygen atoms in total. The summed E-state index contributed by atoms with van der Waals surface area (Å²) >= 11 is 0. The number of aliphatic carboxylic acids is 1. The van der Waals surface area contributed by atoms with Crippen LogP contribution >= 0.6 is 0 Å². The fraction of sp³-hybridized carbons (Fsp3) is 0.474. The minimum Gasteiger partial charge on any atom is -0.481 e. The van der Waals surface area contributed by atoms with Crippen molar-refractivity contribution in [1.29, 1.82) is 0 Å². The lowest BCUT2D eigenvalue weighted by Crippen LogP contribution is -2.44. The van der Waals surface area contributed by atoms with Crippen molar-refractivity contribution >= 4 is 22.8 Å². The average Bonchev–Trinajstić information content (AvgIpc) is 2.95. The van der Waals surface area contributed by atoms with Crippen molar-refractivity contribution in [3.63, 3.8) is 0 Å². The highest BCUT2D eigenvalue weighted by Crippen LogP contribution is 2.45. The third kappa shape index (κ3) is 2.79. The molecule has 0 spiro atoms. The van der Waals surface area contributed by atoms with Gasteiger partial charge in [-0.2, -0.15) is 0 Å². The van der Waals surface area contributed by atoms with Crippen LogP contribution in [0.25, 0.3) is 11.0 Å². The first-order valence-electron chi connectivity index (χ1n) is 8.48. The highest BCUT2D eigenvalue weighted by atomic mass is 16.4. The Labute approximate surface area is 141 Å². The number of nitrogens with zero attached hydrogens (tertiary/aromatic N) is 1. The van der Waals surface area contributed by atoms with Gasteiger partial charge in [0.05, 0.1) is 11.5 Å². The molecule has 128 valence electrons. The molecule has 0 bridgehead atoms. The number of benzene rings is 1. The summed E-state index contributed by atoms with van der Waals surface area (Å²) in [5.74, 6) is -0.244. The average molecular weight is 329 g/mol. The van der Waals surface area contributed by atoms with Crippen molar-refractivity contribution in [2.24, 2.45) is 5.41 Å². The molecule has 5 heteroatoms. The summed E-state index contributed by atoms with van der Waals surface area (Å²) < 4.78 is 5.87. The summed E-state index contributed by atoms with van der Waals surface area (Å²) in [6.45, 7) is 4.35. The molecule has 1 aliphatic rings.